The van der Waals surface area contributed by atoms with E-state index >= 15 is 0 Å². The number of allylic oxidation sites excluding steroid dienone is 4. The van der Waals surface area contributed by atoms with E-state index in [9.17, 15) is 0 Å². The van der Waals surface area contributed by atoms with Gasteiger partial charge in [-0.1, -0.05) is 25.3 Å². The molecule has 190 valence electrons. The van der Waals surface area contributed by atoms with E-state index in [4.69, 9.17) is 0 Å². The summed E-state index contributed by atoms with van der Waals surface area (Å²) in [5, 5.41) is 13.0. The first-order valence-corrected chi connectivity index (χ1v) is 12.3. The highest BCUT2D eigenvalue weighted by Crippen LogP contribution is 2.33. The highest BCUT2D eigenvalue weighted by molar-refractivity contribution is 5.99. The van der Waals surface area contributed by atoms with Crippen molar-refractivity contribution in [3.63, 3.8) is 0 Å². The number of pyridine rings is 3. The van der Waals surface area contributed by atoms with Crippen LogP contribution in [0.1, 0.15) is 12.6 Å². The first-order chi connectivity index (χ1) is 18.5. The molecule has 0 saturated heterocycles. The van der Waals surface area contributed by atoms with E-state index in [1.807, 2.05) is 69.7 Å². The fraction of sp³-hybridized carbons (Fsp3) is 0.133. The summed E-state index contributed by atoms with van der Waals surface area (Å²) in [6.07, 6.45) is 11.2. The van der Waals surface area contributed by atoms with Crippen molar-refractivity contribution >= 4 is 27.5 Å². The van der Waals surface area contributed by atoms with Crippen LogP contribution in [0.5, 0.6) is 0 Å². The number of hydrogen-bond donors (Lipinski definition) is 3. The van der Waals surface area contributed by atoms with Gasteiger partial charge in [-0.3, -0.25) is 15.1 Å². The van der Waals surface area contributed by atoms with E-state index in [-0.39, 0.29) is 0 Å². The summed E-state index contributed by atoms with van der Waals surface area (Å²) in [4.78, 5) is 19.2. The van der Waals surface area contributed by atoms with Gasteiger partial charge in [0, 0.05) is 46.7 Å². The smallest absolute Gasteiger partial charge is 0.138 e. The van der Waals surface area contributed by atoms with Crippen molar-refractivity contribution in [2.45, 2.75) is 6.92 Å². The third-order valence-electron chi connectivity index (χ3n) is 6.14. The lowest BCUT2D eigenvalue weighted by Crippen LogP contribution is -2.23. The Morgan fingerprint density at radius 1 is 1.08 bits per heavy atom. The highest BCUT2D eigenvalue weighted by Gasteiger charge is 2.16. The maximum Gasteiger partial charge on any atom is 0.138 e. The lowest BCUT2D eigenvalue weighted by molar-refractivity contribution is 0.438. The SMILES string of the molecule is C=C/C(=C\C(=C/C)c1cc2c(-c3cc4c(-c5ccccn5)ccnc4[nH]3)n[nH]c2cn1)NC(=C)CN(C)C. The number of aromatic nitrogens is 6. The molecule has 0 saturated carbocycles. The average Bonchev–Trinajstić information content (AvgIpc) is 3.54. The number of aromatic amines is 2. The van der Waals surface area contributed by atoms with Crippen LogP contribution in [0.25, 0.3) is 50.2 Å². The molecule has 0 aliphatic heterocycles. The molecule has 3 N–H and O–H groups in total. The van der Waals surface area contributed by atoms with Crippen LogP contribution in [0.3, 0.4) is 0 Å². The summed E-state index contributed by atoms with van der Waals surface area (Å²) in [5.74, 6) is 0. The Bertz CT molecular complexity index is 1690. The van der Waals surface area contributed by atoms with Gasteiger partial charge < -0.3 is 15.2 Å². The van der Waals surface area contributed by atoms with Gasteiger partial charge in [0.2, 0.25) is 0 Å². The quantitative estimate of drug-likeness (QED) is 0.224. The van der Waals surface area contributed by atoms with Crippen LogP contribution in [-0.2, 0) is 0 Å². The van der Waals surface area contributed by atoms with Gasteiger partial charge in [0.25, 0.3) is 0 Å². The first kappa shape index (κ1) is 24.9. The number of nitrogens with zero attached hydrogens (tertiary/aromatic N) is 5. The van der Waals surface area contributed by atoms with Crippen LogP contribution in [-0.4, -0.2) is 55.7 Å². The minimum atomic E-state index is 0.723. The third kappa shape index (κ3) is 5.02. The molecular weight excluding hydrogens is 472 g/mol. The third-order valence-corrected chi connectivity index (χ3v) is 6.14. The number of fused-ring (bicyclic) bond motifs is 2. The second-order valence-corrected chi connectivity index (χ2v) is 9.22. The Morgan fingerprint density at radius 3 is 2.68 bits per heavy atom. The molecule has 0 aliphatic carbocycles. The summed E-state index contributed by atoms with van der Waals surface area (Å²) in [6, 6.07) is 12.0. The van der Waals surface area contributed by atoms with Gasteiger partial charge in [0.1, 0.15) is 11.3 Å². The van der Waals surface area contributed by atoms with Crippen molar-refractivity contribution in [3.8, 4) is 22.6 Å². The number of hydrogen-bond acceptors (Lipinski definition) is 6. The van der Waals surface area contributed by atoms with Gasteiger partial charge >= 0.3 is 0 Å². The highest BCUT2D eigenvalue weighted by atomic mass is 15.1. The minimum absolute atomic E-state index is 0.723. The van der Waals surface area contributed by atoms with Crippen LogP contribution in [0, 0.1) is 0 Å². The summed E-state index contributed by atoms with van der Waals surface area (Å²) in [5.41, 5.74) is 8.72. The molecule has 8 heteroatoms. The molecule has 0 amide bonds. The fourth-order valence-corrected chi connectivity index (χ4v) is 4.42. The molecule has 0 unspecified atom stereocenters. The van der Waals surface area contributed by atoms with Crippen LogP contribution in [0.2, 0.25) is 0 Å². The number of H-pyrrole nitrogens is 2. The zero-order valence-corrected chi connectivity index (χ0v) is 21.8. The average molecular weight is 503 g/mol. The van der Waals surface area contributed by atoms with Gasteiger partial charge in [-0.25, -0.2) is 4.98 Å². The predicted octanol–water partition coefficient (Wildman–Crippen LogP) is 5.70. The zero-order valence-electron chi connectivity index (χ0n) is 21.8. The Balaban J connectivity index is 1.53. The van der Waals surface area contributed by atoms with E-state index in [2.05, 4.69) is 59.6 Å². The number of nitrogens with one attached hydrogen (secondary N) is 3. The second-order valence-electron chi connectivity index (χ2n) is 9.22. The molecule has 5 aromatic rings. The second kappa shape index (κ2) is 10.7. The maximum absolute atomic E-state index is 4.69. The van der Waals surface area contributed by atoms with Crippen molar-refractivity contribution in [3.05, 3.63) is 103 Å². The molecule has 5 rings (SSSR count). The van der Waals surface area contributed by atoms with E-state index in [0.29, 0.717) is 0 Å². The molecule has 0 aliphatic rings. The van der Waals surface area contributed by atoms with Crippen molar-refractivity contribution in [1.29, 1.82) is 0 Å². The molecular formula is C30H30N8. The van der Waals surface area contributed by atoms with Crippen molar-refractivity contribution in [2.75, 3.05) is 20.6 Å². The van der Waals surface area contributed by atoms with Crippen molar-refractivity contribution < 1.29 is 0 Å². The Kier molecular flexibility index (Phi) is 6.97. The predicted molar refractivity (Wildman–Crippen MR) is 155 cm³/mol. The zero-order chi connectivity index (χ0) is 26.6. The molecule has 0 aromatic carbocycles. The molecule has 5 aromatic heterocycles. The van der Waals surface area contributed by atoms with Crippen molar-refractivity contribution in [1.82, 2.24) is 40.3 Å². The normalized spacial score (nSPS) is 12.4. The van der Waals surface area contributed by atoms with Gasteiger partial charge in [-0.05, 0) is 69.1 Å². The Labute approximate surface area is 221 Å². The van der Waals surface area contributed by atoms with E-state index < -0.39 is 0 Å². The van der Waals surface area contributed by atoms with Crippen LogP contribution in [0.15, 0.2) is 97.8 Å². The molecule has 8 nitrogen and oxygen atoms in total. The molecule has 5 heterocycles. The van der Waals surface area contributed by atoms with Gasteiger partial charge in [0.15, 0.2) is 0 Å². The van der Waals surface area contributed by atoms with Crippen LogP contribution in [0.4, 0.5) is 0 Å². The lowest BCUT2D eigenvalue weighted by Gasteiger charge is -2.15. The van der Waals surface area contributed by atoms with Gasteiger partial charge in [-0.2, -0.15) is 5.10 Å². The summed E-state index contributed by atoms with van der Waals surface area (Å²) >= 11 is 0. The first-order valence-electron chi connectivity index (χ1n) is 12.3. The number of likely N-dealkylation sites (N-methyl/N-ethyl adjacent to an activating group) is 1. The molecule has 0 spiro atoms. The van der Waals surface area contributed by atoms with E-state index in [1.54, 1.807) is 18.5 Å². The van der Waals surface area contributed by atoms with E-state index in [1.165, 1.54) is 0 Å². The summed E-state index contributed by atoms with van der Waals surface area (Å²) in [6.45, 7) is 10.8. The molecule has 0 fully saturated rings. The summed E-state index contributed by atoms with van der Waals surface area (Å²) < 4.78 is 0. The van der Waals surface area contributed by atoms with Crippen molar-refractivity contribution in [2.24, 2.45) is 0 Å². The number of rotatable bonds is 9. The van der Waals surface area contributed by atoms with Crippen LogP contribution >= 0.6 is 0 Å². The minimum Gasteiger partial charge on any atom is -0.358 e. The molecule has 0 bridgehead atoms. The van der Waals surface area contributed by atoms with E-state index in [0.717, 1.165) is 73.8 Å². The Hall–Kier alpha value is -4.82. The van der Waals surface area contributed by atoms with Gasteiger partial charge in [0.05, 0.1) is 28.8 Å². The fourth-order valence-electron chi connectivity index (χ4n) is 4.42. The maximum atomic E-state index is 4.69. The largest absolute Gasteiger partial charge is 0.358 e. The standard InChI is InChI=1S/C30H30N8/c1-6-20(14-21(7-2)34-19(3)18-38(4)5)26-16-24-28(17-33-26)36-37-29(24)27-15-23-22(11-13-32-30(23)35-27)25-10-8-9-12-31-25/h6-17,34H,2-3,18H2,1,4-5H3,(H,32,35)(H,36,37)/b20-6+,21-14+. The molecule has 0 radical (unpaired) electrons. The Morgan fingerprint density at radius 2 is 1.95 bits per heavy atom. The van der Waals surface area contributed by atoms with Gasteiger partial charge in [-0.15, -0.1) is 0 Å². The summed E-state index contributed by atoms with van der Waals surface area (Å²) in [7, 11) is 4.01. The van der Waals surface area contributed by atoms with Crippen LogP contribution < -0.4 is 5.32 Å². The lowest BCUT2D eigenvalue weighted by atomic mass is 10.1. The molecule has 0 atom stereocenters. The topological polar surface area (TPSA) is 98.4 Å². The monoisotopic (exact) mass is 502 g/mol. The molecule has 38 heavy (non-hydrogen) atoms.